The summed E-state index contributed by atoms with van der Waals surface area (Å²) >= 11 is 5.69. The summed E-state index contributed by atoms with van der Waals surface area (Å²) in [5.41, 5.74) is 0.769. The molecule has 1 aliphatic heterocycles. The Bertz CT molecular complexity index is 685. The molecule has 0 N–H and O–H groups in total. The van der Waals surface area contributed by atoms with Gasteiger partial charge in [-0.3, -0.25) is 4.79 Å². The summed E-state index contributed by atoms with van der Waals surface area (Å²) in [7, 11) is 0. The minimum atomic E-state index is -0.551. The maximum absolute atomic E-state index is 13.1. The second kappa shape index (κ2) is 5.13. The number of rotatable bonds is 2. The van der Waals surface area contributed by atoms with Crippen LogP contribution >= 0.6 is 11.6 Å². The molecule has 0 saturated heterocycles. The normalized spacial score (nSPS) is 13.1. The van der Waals surface area contributed by atoms with E-state index in [1.807, 2.05) is 0 Å². The number of hydrogen-bond acceptors (Lipinski definition) is 3. The van der Waals surface area contributed by atoms with E-state index in [2.05, 4.69) is 0 Å². The zero-order valence-corrected chi connectivity index (χ0v) is 11.1. The summed E-state index contributed by atoms with van der Waals surface area (Å²) in [4.78, 5) is 12.3. The SMILES string of the molecule is O=C(c1ccc(F)c(Cl)c1)c1ccc2c(c1)OCCO2. The number of fused-ring (bicyclic) bond motifs is 1. The van der Waals surface area contributed by atoms with Gasteiger partial charge >= 0.3 is 0 Å². The van der Waals surface area contributed by atoms with Gasteiger partial charge in [0.15, 0.2) is 17.3 Å². The van der Waals surface area contributed by atoms with Gasteiger partial charge < -0.3 is 9.47 Å². The summed E-state index contributed by atoms with van der Waals surface area (Å²) in [6.45, 7) is 0.945. The van der Waals surface area contributed by atoms with Crippen LogP contribution in [-0.4, -0.2) is 19.0 Å². The monoisotopic (exact) mass is 292 g/mol. The highest BCUT2D eigenvalue weighted by Crippen LogP contribution is 2.31. The molecule has 0 amide bonds. The molecule has 3 nitrogen and oxygen atoms in total. The number of ether oxygens (including phenoxy) is 2. The molecule has 0 unspecified atom stereocenters. The van der Waals surface area contributed by atoms with Gasteiger partial charge in [-0.05, 0) is 36.4 Å². The van der Waals surface area contributed by atoms with Crippen molar-refractivity contribution in [3.63, 3.8) is 0 Å². The molecule has 0 radical (unpaired) electrons. The molecule has 0 fully saturated rings. The average molecular weight is 293 g/mol. The summed E-state index contributed by atoms with van der Waals surface area (Å²) in [6.07, 6.45) is 0. The maximum Gasteiger partial charge on any atom is 0.193 e. The Labute approximate surface area is 119 Å². The molecule has 2 aromatic rings. The van der Waals surface area contributed by atoms with E-state index in [1.165, 1.54) is 18.2 Å². The Balaban J connectivity index is 1.95. The fourth-order valence-electron chi connectivity index (χ4n) is 1.99. The van der Waals surface area contributed by atoms with Crippen LogP contribution in [0.1, 0.15) is 15.9 Å². The first-order valence-electron chi connectivity index (χ1n) is 6.04. The van der Waals surface area contributed by atoms with Crippen LogP contribution in [0.15, 0.2) is 36.4 Å². The Morgan fingerprint density at radius 1 is 1.00 bits per heavy atom. The van der Waals surface area contributed by atoms with E-state index >= 15 is 0 Å². The van der Waals surface area contributed by atoms with E-state index in [9.17, 15) is 9.18 Å². The zero-order chi connectivity index (χ0) is 14.1. The molecule has 0 aromatic heterocycles. The molecule has 0 aliphatic carbocycles. The van der Waals surface area contributed by atoms with Crippen LogP contribution in [0.5, 0.6) is 11.5 Å². The van der Waals surface area contributed by atoms with Crippen LogP contribution in [0.4, 0.5) is 4.39 Å². The smallest absolute Gasteiger partial charge is 0.193 e. The standard InChI is InChI=1S/C15H10ClFO3/c16-11-7-9(1-3-12(11)17)15(18)10-2-4-13-14(8-10)20-6-5-19-13/h1-4,7-8H,5-6H2. The first-order valence-corrected chi connectivity index (χ1v) is 6.42. The van der Waals surface area contributed by atoms with E-state index in [0.29, 0.717) is 35.8 Å². The van der Waals surface area contributed by atoms with Crippen LogP contribution in [0.25, 0.3) is 0 Å². The van der Waals surface area contributed by atoms with Crippen LogP contribution in [0, 0.1) is 5.82 Å². The average Bonchev–Trinajstić information content (AvgIpc) is 2.49. The van der Waals surface area contributed by atoms with Gasteiger partial charge in [0, 0.05) is 11.1 Å². The number of halogens is 2. The second-order valence-electron chi connectivity index (χ2n) is 4.32. The summed E-state index contributed by atoms with van der Waals surface area (Å²) in [6, 6.07) is 8.85. The molecule has 2 aromatic carbocycles. The van der Waals surface area contributed by atoms with Gasteiger partial charge in [-0.1, -0.05) is 11.6 Å². The molecular weight excluding hydrogens is 283 g/mol. The summed E-state index contributed by atoms with van der Waals surface area (Å²) < 4.78 is 23.9. The Kier molecular flexibility index (Phi) is 3.32. The lowest BCUT2D eigenvalue weighted by Gasteiger charge is -2.18. The molecular formula is C15H10ClFO3. The largest absolute Gasteiger partial charge is 0.486 e. The molecule has 102 valence electrons. The van der Waals surface area contributed by atoms with Crippen molar-refractivity contribution in [1.29, 1.82) is 0 Å². The van der Waals surface area contributed by atoms with Crippen LogP contribution in [0.2, 0.25) is 5.02 Å². The van der Waals surface area contributed by atoms with Gasteiger partial charge in [-0.15, -0.1) is 0 Å². The minimum Gasteiger partial charge on any atom is -0.486 e. The van der Waals surface area contributed by atoms with Gasteiger partial charge in [0.2, 0.25) is 0 Å². The van der Waals surface area contributed by atoms with Crippen molar-refractivity contribution >= 4 is 17.4 Å². The van der Waals surface area contributed by atoms with Crippen LogP contribution < -0.4 is 9.47 Å². The number of carbonyl (C=O) groups is 1. The minimum absolute atomic E-state index is 0.0756. The molecule has 20 heavy (non-hydrogen) atoms. The van der Waals surface area contributed by atoms with Crippen molar-refractivity contribution in [2.45, 2.75) is 0 Å². The van der Waals surface area contributed by atoms with E-state index < -0.39 is 5.82 Å². The molecule has 0 saturated carbocycles. The fourth-order valence-corrected chi connectivity index (χ4v) is 2.17. The van der Waals surface area contributed by atoms with E-state index in [1.54, 1.807) is 18.2 Å². The Morgan fingerprint density at radius 2 is 1.65 bits per heavy atom. The highest BCUT2D eigenvalue weighted by atomic mass is 35.5. The van der Waals surface area contributed by atoms with Crippen molar-refractivity contribution < 1.29 is 18.7 Å². The molecule has 1 aliphatic rings. The predicted molar refractivity (Wildman–Crippen MR) is 72.3 cm³/mol. The zero-order valence-electron chi connectivity index (χ0n) is 10.4. The van der Waals surface area contributed by atoms with Gasteiger partial charge in [-0.2, -0.15) is 0 Å². The van der Waals surface area contributed by atoms with Crippen LogP contribution in [0.3, 0.4) is 0 Å². The second-order valence-corrected chi connectivity index (χ2v) is 4.72. The molecule has 1 heterocycles. The highest BCUT2D eigenvalue weighted by molar-refractivity contribution is 6.31. The number of benzene rings is 2. The fraction of sp³-hybridized carbons (Fsp3) is 0.133. The summed E-state index contributed by atoms with van der Waals surface area (Å²) in [5, 5.41) is -0.0756. The third kappa shape index (κ3) is 2.34. The van der Waals surface area contributed by atoms with Crippen molar-refractivity contribution in [2.75, 3.05) is 13.2 Å². The van der Waals surface area contributed by atoms with Crippen molar-refractivity contribution in [1.82, 2.24) is 0 Å². The van der Waals surface area contributed by atoms with Gasteiger partial charge in [0.05, 0.1) is 5.02 Å². The number of hydrogen-bond donors (Lipinski definition) is 0. The lowest BCUT2D eigenvalue weighted by Crippen LogP contribution is -2.15. The quantitative estimate of drug-likeness (QED) is 0.795. The molecule has 0 bridgehead atoms. The van der Waals surface area contributed by atoms with E-state index in [4.69, 9.17) is 21.1 Å². The van der Waals surface area contributed by atoms with Crippen molar-refractivity contribution in [3.05, 3.63) is 58.4 Å². The van der Waals surface area contributed by atoms with E-state index in [0.717, 1.165) is 0 Å². The third-order valence-corrected chi connectivity index (χ3v) is 3.28. The number of carbonyl (C=O) groups excluding carboxylic acids is 1. The predicted octanol–water partition coefficient (Wildman–Crippen LogP) is 3.48. The highest BCUT2D eigenvalue weighted by Gasteiger charge is 2.16. The Morgan fingerprint density at radius 3 is 2.40 bits per heavy atom. The van der Waals surface area contributed by atoms with E-state index in [-0.39, 0.29) is 10.8 Å². The maximum atomic E-state index is 13.1. The first-order chi connectivity index (χ1) is 9.65. The van der Waals surface area contributed by atoms with Crippen molar-refractivity contribution in [3.8, 4) is 11.5 Å². The molecule has 5 heteroatoms. The van der Waals surface area contributed by atoms with Gasteiger partial charge in [0.25, 0.3) is 0 Å². The first kappa shape index (κ1) is 12.9. The third-order valence-electron chi connectivity index (χ3n) is 2.99. The lowest BCUT2D eigenvalue weighted by molar-refractivity contribution is 0.103. The molecule has 0 atom stereocenters. The topological polar surface area (TPSA) is 35.5 Å². The molecule has 0 spiro atoms. The summed E-state index contributed by atoms with van der Waals surface area (Å²) in [5.74, 6) is 0.356. The Hall–Kier alpha value is -2.07. The van der Waals surface area contributed by atoms with Crippen molar-refractivity contribution in [2.24, 2.45) is 0 Å². The van der Waals surface area contributed by atoms with Crippen LogP contribution in [-0.2, 0) is 0 Å². The number of ketones is 1. The molecule has 3 rings (SSSR count). The van der Waals surface area contributed by atoms with Gasteiger partial charge in [0.1, 0.15) is 19.0 Å². The van der Waals surface area contributed by atoms with Gasteiger partial charge in [-0.25, -0.2) is 4.39 Å². The lowest BCUT2D eigenvalue weighted by atomic mass is 10.0.